The predicted octanol–water partition coefficient (Wildman–Crippen LogP) is 4.87. The van der Waals surface area contributed by atoms with Crippen molar-refractivity contribution in [1.29, 1.82) is 0 Å². The molecule has 0 unspecified atom stereocenters. The molecule has 0 radical (unpaired) electrons. The second kappa shape index (κ2) is 7.11. The molecule has 3 rings (SSSR count). The number of hydrogen-bond acceptors (Lipinski definition) is 5. The van der Waals surface area contributed by atoms with E-state index in [2.05, 4.69) is 43.1 Å². The Morgan fingerprint density at radius 1 is 1.28 bits per heavy atom. The fourth-order valence-corrected chi connectivity index (χ4v) is 2.66. The highest BCUT2D eigenvalue weighted by atomic mass is 127. The molecule has 0 spiro atoms. The normalized spacial score (nSPS) is 11.1. The summed E-state index contributed by atoms with van der Waals surface area (Å²) in [7, 11) is 0. The van der Waals surface area contributed by atoms with E-state index >= 15 is 0 Å². The summed E-state index contributed by atoms with van der Waals surface area (Å²) in [6.45, 7) is 0. The Balaban J connectivity index is 1.86. The molecule has 0 aliphatic carbocycles. The number of aromatic amines is 1. The first-order chi connectivity index (χ1) is 11.9. The number of nitro groups is 1. The van der Waals surface area contributed by atoms with E-state index in [1.54, 1.807) is 0 Å². The summed E-state index contributed by atoms with van der Waals surface area (Å²) in [5.74, 6) is -0.240. The minimum Gasteiger partial charge on any atom is -0.493 e. The van der Waals surface area contributed by atoms with Gasteiger partial charge < -0.3 is 15.4 Å². The summed E-state index contributed by atoms with van der Waals surface area (Å²) in [6.07, 6.45) is 0. The number of thiocarbonyl (C=S) groups is 1. The van der Waals surface area contributed by atoms with Crippen LogP contribution in [0.5, 0.6) is 5.88 Å². The van der Waals surface area contributed by atoms with Gasteiger partial charge in [-0.1, -0.05) is 0 Å². The van der Waals surface area contributed by atoms with Gasteiger partial charge in [-0.05, 0) is 65.1 Å². The molecule has 0 fully saturated rings. The molecule has 0 bridgehead atoms. The Labute approximate surface area is 160 Å². The van der Waals surface area contributed by atoms with Crippen LogP contribution in [0.1, 0.15) is 0 Å². The second-order valence-electron chi connectivity index (χ2n) is 4.95. The average Bonchev–Trinajstić information content (AvgIpc) is 2.89. The van der Waals surface area contributed by atoms with Crippen LogP contribution in [-0.4, -0.2) is 20.1 Å². The number of rotatable bonds is 3. The number of aromatic nitrogens is 1. The number of nitro benzene ring substituents is 1. The van der Waals surface area contributed by atoms with Gasteiger partial charge in [0.05, 0.1) is 10.4 Å². The lowest BCUT2D eigenvalue weighted by atomic mass is 10.2. The first-order valence-electron chi connectivity index (χ1n) is 6.91. The Morgan fingerprint density at radius 2 is 2.00 bits per heavy atom. The smallest absolute Gasteiger partial charge is 0.270 e. The molecule has 0 aliphatic heterocycles. The summed E-state index contributed by atoms with van der Waals surface area (Å²) in [5, 5.41) is 32.0. The minimum atomic E-state index is -0.520. The molecule has 25 heavy (non-hydrogen) atoms. The van der Waals surface area contributed by atoms with Gasteiger partial charge in [-0.3, -0.25) is 10.1 Å². The van der Waals surface area contributed by atoms with Crippen molar-refractivity contribution in [1.82, 2.24) is 4.98 Å². The van der Waals surface area contributed by atoms with Crippen LogP contribution < -0.4 is 5.32 Å². The van der Waals surface area contributed by atoms with Crippen LogP contribution in [0.4, 0.5) is 17.1 Å². The monoisotopic (exact) mass is 467 g/mol. The Hall–Kier alpha value is -2.60. The van der Waals surface area contributed by atoms with E-state index in [0.717, 1.165) is 9.26 Å². The van der Waals surface area contributed by atoms with Crippen LogP contribution in [0.15, 0.2) is 52.7 Å². The summed E-state index contributed by atoms with van der Waals surface area (Å²) in [4.78, 5) is 13.1. The zero-order valence-electron chi connectivity index (χ0n) is 12.4. The molecule has 126 valence electrons. The Morgan fingerprint density at radius 3 is 2.68 bits per heavy atom. The highest BCUT2D eigenvalue weighted by Crippen LogP contribution is 2.37. The number of nitrogens with zero attached hydrogens (tertiary/aromatic N) is 3. The molecular weight excluding hydrogens is 457 g/mol. The van der Waals surface area contributed by atoms with Gasteiger partial charge in [-0.2, -0.15) is 0 Å². The fraction of sp³-hybridized carbons (Fsp3) is 0. The fourth-order valence-electron chi connectivity index (χ4n) is 2.14. The molecule has 1 heterocycles. The van der Waals surface area contributed by atoms with Gasteiger partial charge in [-0.15, -0.1) is 10.2 Å². The summed E-state index contributed by atoms with van der Waals surface area (Å²) < 4.78 is 1.08. The zero-order valence-corrected chi connectivity index (χ0v) is 15.4. The number of aromatic hydroxyl groups is 1. The molecule has 0 saturated carbocycles. The number of H-pyrrole nitrogens is 1. The molecule has 2 aromatic carbocycles. The van der Waals surface area contributed by atoms with E-state index < -0.39 is 4.92 Å². The first kappa shape index (κ1) is 17.2. The zero-order chi connectivity index (χ0) is 18.0. The van der Waals surface area contributed by atoms with Gasteiger partial charge in [-0.25, -0.2) is 0 Å². The lowest BCUT2D eigenvalue weighted by Crippen LogP contribution is -2.04. The van der Waals surface area contributed by atoms with E-state index in [4.69, 9.17) is 12.2 Å². The molecule has 0 aliphatic rings. The first-order valence-corrected chi connectivity index (χ1v) is 8.40. The number of halogens is 1. The van der Waals surface area contributed by atoms with Crippen molar-refractivity contribution in [2.45, 2.75) is 0 Å². The van der Waals surface area contributed by atoms with E-state index in [9.17, 15) is 15.2 Å². The quantitative estimate of drug-likeness (QED) is 0.167. The van der Waals surface area contributed by atoms with Gasteiger partial charge in [0, 0.05) is 26.8 Å². The van der Waals surface area contributed by atoms with Crippen LogP contribution in [-0.2, 0) is 0 Å². The number of benzene rings is 2. The van der Waals surface area contributed by atoms with Crippen molar-refractivity contribution in [2.75, 3.05) is 5.32 Å². The molecule has 0 atom stereocenters. The lowest BCUT2D eigenvalue weighted by molar-refractivity contribution is -0.384. The number of nitrogens with one attached hydrogen (secondary N) is 2. The van der Waals surface area contributed by atoms with Crippen molar-refractivity contribution in [2.24, 2.45) is 10.2 Å². The number of hydrogen-bond donors (Lipinski definition) is 3. The molecular formula is C15H10IN5O3S. The maximum Gasteiger partial charge on any atom is 0.270 e. The summed E-state index contributed by atoms with van der Waals surface area (Å²) in [6, 6.07) is 11.7. The number of anilines is 1. The average molecular weight is 467 g/mol. The number of fused-ring (bicyclic) bond motifs is 1. The van der Waals surface area contributed by atoms with Crippen molar-refractivity contribution in [3.05, 3.63) is 56.1 Å². The van der Waals surface area contributed by atoms with Crippen LogP contribution in [0.2, 0.25) is 0 Å². The standard InChI is InChI=1S/C15H10IN5O3S/c16-8-1-3-9(4-2-8)17-15(25)20-19-13-11-7-10(21(23)24)5-6-12(11)18-14(13)22/h1-7,18,22H,(H,17,25). The maximum atomic E-state index is 10.9. The molecule has 0 saturated heterocycles. The van der Waals surface area contributed by atoms with Crippen molar-refractivity contribution in [3.8, 4) is 5.88 Å². The molecule has 8 nitrogen and oxygen atoms in total. The number of non-ortho nitro benzene ring substituents is 1. The van der Waals surface area contributed by atoms with Gasteiger partial charge in [0.2, 0.25) is 11.0 Å². The molecule has 0 amide bonds. The van der Waals surface area contributed by atoms with Crippen LogP contribution in [0, 0.1) is 13.7 Å². The van der Waals surface area contributed by atoms with Crippen molar-refractivity contribution in [3.63, 3.8) is 0 Å². The largest absolute Gasteiger partial charge is 0.493 e. The van der Waals surface area contributed by atoms with E-state index in [-0.39, 0.29) is 22.4 Å². The maximum absolute atomic E-state index is 10.9. The molecule has 1 aromatic heterocycles. The van der Waals surface area contributed by atoms with Gasteiger partial charge in [0.1, 0.15) is 0 Å². The molecule has 3 N–H and O–H groups in total. The topological polar surface area (TPSA) is 116 Å². The minimum absolute atomic E-state index is 0.0884. The van der Waals surface area contributed by atoms with Crippen molar-refractivity contribution >= 4 is 67.9 Å². The van der Waals surface area contributed by atoms with E-state index in [0.29, 0.717) is 10.9 Å². The molecule has 3 aromatic rings. The SMILES string of the molecule is O=[N+]([O-])c1ccc2[nH]c(O)c(N=NC(=S)Nc3ccc(I)cc3)c2c1. The Bertz CT molecular complexity index is 1000. The van der Waals surface area contributed by atoms with E-state index in [1.807, 2.05) is 24.3 Å². The predicted molar refractivity (Wildman–Crippen MR) is 107 cm³/mol. The molecule has 10 heteroatoms. The van der Waals surface area contributed by atoms with Gasteiger partial charge in [0.15, 0.2) is 5.69 Å². The third-order valence-electron chi connectivity index (χ3n) is 3.28. The number of azo groups is 1. The highest BCUT2D eigenvalue weighted by Gasteiger charge is 2.15. The van der Waals surface area contributed by atoms with Crippen molar-refractivity contribution < 1.29 is 10.0 Å². The second-order valence-corrected chi connectivity index (χ2v) is 6.58. The third-order valence-corrected chi connectivity index (χ3v) is 4.19. The summed E-state index contributed by atoms with van der Waals surface area (Å²) >= 11 is 7.29. The lowest BCUT2D eigenvalue weighted by Gasteiger charge is -2.02. The highest BCUT2D eigenvalue weighted by molar-refractivity contribution is 14.1. The Kier molecular flexibility index (Phi) is 4.90. The van der Waals surface area contributed by atoms with Crippen LogP contribution in [0.25, 0.3) is 10.9 Å². The summed E-state index contributed by atoms with van der Waals surface area (Å²) in [5.41, 5.74) is 1.24. The van der Waals surface area contributed by atoms with Gasteiger partial charge >= 0.3 is 0 Å². The van der Waals surface area contributed by atoms with Gasteiger partial charge in [0.25, 0.3) is 5.69 Å². The third kappa shape index (κ3) is 3.91. The van der Waals surface area contributed by atoms with E-state index in [1.165, 1.54) is 18.2 Å². The van der Waals surface area contributed by atoms with Crippen LogP contribution >= 0.6 is 34.8 Å². The van der Waals surface area contributed by atoms with Crippen LogP contribution in [0.3, 0.4) is 0 Å².